The molecule has 1 aromatic carbocycles. The van der Waals surface area contributed by atoms with Crippen LogP contribution >= 0.6 is 0 Å². The Balaban J connectivity index is 1.78. The zero-order chi connectivity index (χ0) is 16.1. The Morgan fingerprint density at radius 1 is 1.23 bits per heavy atom. The quantitative estimate of drug-likeness (QED) is 0.802. The number of anilines is 1. The average molecular weight is 315 g/mol. The Kier molecular flexibility index (Phi) is 3.65. The zero-order valence-electron chi connectivity index (χ0n) is 12.1. The third kappa shape index (κ3) is 2.59. The first-order valence-electron chi connectivity index (χ1n) is 7.45. The van der Waals surface area contributed by atoms with Gasteiger partial charge in [-0.1, -0.05) is 6.92 Å². The van der Waals surface area contributed by atoms with Crippen molar-refractivity contribution in [2.24, 2.45) is 23.7 Å². The van der Waals surface area contributed by atoms with Crippen LogP contribution in [0.4, 0.5) is 23.2 Å². The van der Waals surface area contributed by atoms with Crippen LogP contribution in [0.1, 0.15) is 31.7 Å². The summed E-state index contributed by atoms with van der Waals surface area (Å²) in [6.07, 6.45) is -1.62. The van der Waals surface area contributed by atoms with E-state index in [2.05, 4.69) is 5.32 Å². The van der Waals surface area contributed by atoms with Crippen LogP contribution in [0.2, 0.25) is 0 Å². The molecule has 6 heteroatoms. The van der Waals surface area contributed by atoms with Gasteiger partial charge in [-0.2, -0.15) is 13.2 Å². The minimum absolute atomic E-state index is 0.00583. The fourth-order valence-electron chi connectivity index (χ4n) is 4.08. The molecule has 120 valence electrons. The largest absolute Gasteiger partial charge is 0.419 e. The lowest BCUT2D eigenvalue weighted by molar-refractivity contribution is -0.140. The highest BCUT2D eigenvalue weighted by atomic mass is 19.4. The fraction of sp³-hybridized carbons (Fsp3) is 0.562. The predicted octanol–water partition coefficient (Wildman–Crippen LogP) is 4.47. The highest BCUT2D eigenvalue weighted by Crippen LogP contribution is 2.52. The minimum Gasteiger partial charge on any atom is -0.326 e. The van der Waals surface area contributed by atoms with E-state index in [1.54, 1.807) is 0 Å². The first kappa shape index (κ1) is 15.3. The van der Waals surface area contributed by atoms with Gasteiger partial charge in [0.2, 0.25) is 5.91 Å². The normalized spacial score (nSPS) is 30.6. The Bertz CT molecular complexity index is 596. The topological polar surface area (TPSA) is 29.1 Å². The second-order valence-electron chi connectivity index (χ2n) is 6.40. The number of carbonyl (C=O) groups excluding carboxylic acids is 1. The van der Waals surface area contributed by atoms with Gasteiger partial charge >= 0.3 is 6.18 Å². The molecule has 22 heavy (non-hydrogen) atoms. The summed E-state index contributed by atoms with van der Waals surface area (Å²) in [4.78, 5) is 12.4. The van der Waals surface area contributed by atoms with Crippen molar-refractivity contribution in [1.29, 1.82) is 0 Å². The van der Waals surface area contributed by atoms with Crippen LogP contribution in [0.15, 0.2) is 18.2 Å². The van der Waals surface area contributed by atoms with Crippen LogP contribution < -0.4 is 5.32 Å². The van der Waals surface area contributed by atoms with Crippen LogP contribution in [-0.2, 0) is 11.0 Å². The minimum atomic E-state index is -4.77. The molecule has 0 heterocycles. The molecule has 2 nitrogen and oxygen atoms in total. The highest BCUT2D eigenvalue weighted by Gasteiger charge is 2.48. The molecule has 1 N–H and O–H groups in total. The SMILES string of the molecule is CC1C2CCC(C2)C1C(=O)Nc1ccc(F)c(C(F)(F)F)c1. The Hall–Kier alpha value is -1.59. The second kappa shape index (κ2) is 5.25. The summed E-state index contributed by atoms with van der Waals surface area (Å²) in [6, 6.07) is 2.56. The third-order valence-electron chi connectivity index (χ3n) is 5.17. The van der Waals surface area contributed by atoms with Gasteiger partial charge in [-0.3, -0.25) is 4.79 Å². The summed E-state index contributed by atoms with van der Waals surface area (Å²) in [7, 11) is 0. The van der Waals surface area contributed by atoms with E-state index in [1.165, 1.54) is 6.07 Å². The molecular formula is C16H17F4NO. The van der Waals surface area contributed by atoms with Crippen LogP contribution in [0.5, 0.6) is 0 Å². The van der Waals surface area contributed by atoms with Crippen molar-refractivity contribution < 1.29 is 22.4 Å². The predicted molar refractivity (Wildman–Crippen MR) is 73.5 cm³/mol. The molecule has 2 fully saturated rings. The van der Waals surface area contributed by atoms with E-state index in [4.69, 9.17) is 0 Å². The lowest BCUT2D eigenvalue weighted by atomic mass is 9.80. The maximum atomic E-state index is 13.3. The summed E-state index contributed by atoms with van der Waals surface area (Å²) < 4.78 is 51.4. The number of amides is 1. The monoisotopic (exact) mass is 315 g/mol. The first-order valence-corrected chi connectivity index (χ1v) is 7.45. The van der Waals surface area contributed by atoms with Gasteiger partial charge in [0, 0.05) is 11.6 Å². The molecule has 0 saturated heterocycles. The summed E-state index contributed by atoms with van der Waals surface area (Å²) in [5, 5.41) is 2.53. The lowest BCUT2D eigenvalue weighted by Gasteiger charge is -2.27. The maximum Gasteiger partial charge on any atom is 0.419 e. The first-order chi connectivity index (χ1) is 10.3. The smallest absolute Gasteiger partial charge is 0.326 e. The van der Waals surface area contributed by atoms with E-state index >= 15 is 0 Å². The number of benzene rings is 1. The van der Waals surface area contributed by atoms with Gasteiger partial charge in [0.05, 0.1) is 5.56 Å². The van der Waals surface area contributed by atoms with E-state index < -0.39 is 17.6 Å². The second-order valence-corrected chi connectivity index (χ2v) is 6.40. The van der Waals surface area contributed by atoms with Crippen molar-refractivity contribution in [2.45, 2.75) is 32.4 Å². The molecule has 3 rings (SSSR count). The number of nitrogens with one attached hydrogen (secondary N) is 1. The number of fused-ring (bicyclic) bond motifs is 2. The van der Waals surface area contributed by atoms with Gasteiger partial charge in [-0.05, 0) is 55.2 Å². The molecule has 0 aliphatic heterocycles. The number of hydrogen-bond acceptors (Lipinski definition) is 1. The Labute approximate surface area is 125 Å². The number of halogens is 4. The number of rotatable bonds is 2. The molecule has 0 radical (unpaired) electrons. The summed E-state index contributed by atoms with van der Waals surface area (Å²) in [6.45, 7) is 2.03. The zero-order valence-corrected chi connectivity index (χ0v) is 12.1. The average Bonchev–Trinajstić information content (AvgIpc) is 3.00. The van der Waals surface area contributed by atoms with Crippen LogP contribution in [0.25, 0.3) is 0 Å². The van der Waals surface area contributed by atoms with E-state index in [1.807, 2.05) is 6.92 Å². The maximum absolute atomic E-state index is 13.3. The molecule has 2 saturated carbocycles. The van der Waals surface area contributed by atoms with Crippen molar-refractivity contribution in [3.05, 3.63) is 29.6 Å². The lowest BCUT2D eigenvalue weighted by Crippen LogP contribution is -2.32. The van der Waals surface area contributed by atoms with Crippen molar-refractivity contribution >= 4 is 11.6 Å². The van der Waals surface area contributed by atoms with Crippen LogP contribution in [0.3, 0.4) is 0 Å². The van der Waals surface area contributed by atoms with E-state index in [-0.39, 0.29) is 23.4 Å². The standard InChI is InChI=1S/C16H17F4NO/c1-8-9-2-3-10(6-9)14(8)15(22)21-11-4-5-13(17)12(7-11)16(18,19)20/h4-5,7-10,14H,2-3,6H2,1H3,(H,21,22). The molecular weight excluding hydrogens is 298 g/mol. The van der Waals surface area contributed by atoms with Gasteiger partial charge in [0.15, 0.2) is 0 Å². The van der Waals surface area contributed by atoms with Gasteiger partial charge in [0.1, 0.15) is 5.82 Å². The molecule has 4 atom stereocenters. The third-order valence-corrected chi connectivity index (χ3v) is 5.17. The van der Waals surface area contributed by atoms with Crippen molar-refractivity contribution in [3.63, 3.8) is 0 Å². The Morgan fingerprint density at radius 2 is 1.91 bits per heavy atom. The van der Waals surface area contributed by atoms with Crippen molar-refractivity contribution in [1.82, 2.24) is 0 Å². The van der Waals surface area contributed by atoms with Gasteiger partial charge in [-0.25, -0.2) is 4.39 Å². The van der Waals surface area contributed by atoms with Gasteiger partial charge < -0.3 is 5.32 Å². The molecule has 2 aliphatic carbocycles. The van der Waals surface area contributed by atoms with E-state index in [9.17, 15) is 22.4 Å². The van der Waals surface area contributed by atoms with Crippen LogP contribution in [0, 0.1) is 29.5 Å². The van der Waals surface area contributed by atoms with E-state index in [0.717, 1.165) is 25.3 Å². The molecule has 1 aromatic rings. The summed E-state index contributed by atoms with van der Waals surface area (Å²) >= 11 is 0. The molecule has 0 spiro atoms. The molecule has 4 unspecified atom stereocenters. The Morgan fingerprint density at radius 3 is 2.50 bits per heavy atom. The van der Waals surface area contributed by atoms with Crippen molar-refractivity contribution in [3.8, 4) is 0 Å². The molecule has 2 bridgehead atoms. The van der Waals surface area contributed by atoms with Gasteiger partial charge in [0.25, 0.3) is 0 Å². The number of carbonyl (C=O) groups is 1. The highest BCUT2D eigenvalue weighted by molar-refractivity contribution is 5.93. The summed E-state index contributed by atoms with van der Waals surface area (Å²) in [5.74, 6) is -0.625. The van der Waals surface area contributed by atoms with E-state index in [0.29, 0.717) is 17.9 Å². The molecule has 2 aliphatic rings. The number of alkyl halides is 3. The molecule has 1 amide bonds. The summed E-state index contributed by atoms with van der Waals surface area (Å²) in [5.41, 5.74) is -1.36. The van der Waals surface area contributed by atoms with Crippen molar-refractivity contribution in [2.75, 3.05) is 5.32 Å². The number of hydrogen-bond donors (Lipinski definition) is 1. The fourth-order valence-corrected chi connectivity index (χ4v) is 4.08. The van der Waals surface area contributed by atoms with Gasteiger partial charge in [-0.15, -0.1) is 0 Å². The van der Waals surface area contributed by atoms with Crippen LogP contribution in [-0.4, -0.2) is 5.91 Å². The molecule has 0 aromatic heterocycles.